The molecule has 18 heavy (non-hydrogen) atoms. The van der Waals surface area contributed by atoms with Gasteiger partial charge in [-0.2, -0.15) is 5.10 Å². The van der Waals surface area contributed by atoms with Gasteiger partial charge in [-0.15, -0.1) is 0 Å². The van der Waals surface area contributed by atoms with Crippen LogP contribution in [-0.2, 0) is 6.42 Å². The van der Waals surface area contributed by atoms with Crippen molar-refractivity contribution in [3.63, 3.8) is 0 Å². The lowest BCUT2D eigenvalue weighted by Crippen LogP contribution is -2.34. The number of rotatable bonds is 7. The van der Waals surface area contributed by atoms with Crippen LogP contribution in [0.1, 0.15) is 52.8 Å². The van der Waals surface area contributed by atoms with E-state index in [0.29, 0.717) is 18.0 Å². The van der Waals surface area contributed by atoms with Gasteiger partial charge in [-0.1, -0.05) is 32.4 Å². The molecule has 0 saturated carbocycles. The largest absolute Gasteiger partial charge is 0.314 e. The van der Waals surface area contributed by atoms with Crippen LogP contribution in [0.2, 0.25) is 5.02 Å². The Morgan fingerprint density at radius 2 is 2.00 bits per heavy atom. The topological polar surface area (TPSA) is 29.9 Å². The van der Waals surface area contributed by atoms with Crippen molar-refractivity contribution < 1.29 is 0 Å². The molecule has 3 nitrogen and oxygen atoms in total. The van der Waals surface area contributed by atoms with Crippen molar-refractivity contribution in [1.82, 2.24) is 15.1 Å². The van der Waals surface area contributed by atoms with E-state index in [1.165, 1.54) is 0 Å². The van der Waals surface area contributed by atoms with Crippen LogP contribution in [0.4, 0.5) is 0 Å². The van der Waals surface area contributed by atoms with Gasteiger partial charge in [0.15, 0.2) is 0 Å². The molecule has 0 fully saturated rings. The Morgan fingerprint density at radius 1 is 1.33 bits per heavy atom. The fraction of sp³-hybridized carbons (Fsp3) is 0.786. The van der Waals surface area contributed by atoms with Gasteiger partial charge in [-0.05, 0) is 39.2 Å². The maximum atomic E-state index is 6.23. The maximum absolute atomic E-state index is 6.23. The van der Waals surface area contributed by atoms with Crippen molar-refractivity contribution in [2.24, 2.45) is 5.92 Å². The lowest BCUT2D eigenvalue weighted by molar-refractivity contribution is 0.378. The summed E-state index contributed by atoms with van der Waals surface area (Å²) in [5.41, 5.74) is 1.16. The van der Waals surface area contributed by atoms with Crippen LogP contribution in [0.5, 0.6) is 0 Å². The Hall–Kier alpha value is -0.540. The molecule has 0 aromatic carbocycles. The summed E-state index contributed by atoms with van der Waals surface area (Å²) in [6.07, 6.45) is 3.84. The van der Waals surface area contributed by atoms with Crippen molar-refractivity contribution in [2.75, 3.05) is 6.54 Å². The first-order valence-corrected chi connectivity index (χ1v) is 7.30. The third-order valence-electron chi connectivity index (χ3n) is 3.30. The first kappa shape index (κ1) is 15.5. The summed E-state index contributed by atoms with van der Waals surface area (Å²) in [5.74, 6) is 0.638. The van der Waals surface area contributed by atoms with E-state index >= 15 is 0 Å². The smallest absolute Gasteiger partial charge is 0.0817 e. The van der Waals surface area contributed by atoms with Crippen molar-refractivity contribution in [3.8, 4) is 0 Å². The molecule has 1 atom stereocenters. The van der Waals surface area contributed by atoms with Gasteiger partial charge in [0.2, 0.25) is 0 Å². The second-order valence-corrected chi connectivity index (χ2v) is 5.83. The predicted molar refractivity (Wildman–Crippen MR) is 78.2 cm³/mol. The molecule has 0 aliphatic rings. The Labute approximate surface area is 116 Å². The molecular formula is C14H26ClN3. The monoisotopic (exact) mass is 271 g/mol. The van der Waals surface area contributed by atoms with Crippen LogP contribution in [-0.4, -0.2) is 22.4 Å². The fourth-order valence-electron chi connectivity index (χ4n) is 2.27. The summed E-state index contributed by atoms with van der Waals surface area (Å²) in [5, 5.41) is 8.68. The summed E-state index contributed by atoms with van der Waals surface area (Å²) in [6, 6.07) is 0.908. The molecule has 0 aliphatic heterocycles. The minimum absolute atomic E-state index is 0.365. The second-order valence-electron chi connectivity index (χ2n) is 5.42. The van der Waals surface area contributed by atoms with Crippen LogP contribution in [0.25, 0.3) is 0 Å². The van der Waals surface area contributed by atoms with Gasteiger partial charge in [-0.25, -0.2) is 0 Å². The highest BCUT2D eigenvalue weighted by atomic mass is 35.5. The summed E-state index contributed by atoms with van der Waals surface area (Å²) >= 11 is 6.23. The van der Waals surface area contributed by atoms with E-state index in [4.69, 9.17) is 11.6 Å². The first-order chi connectivity index (χ1) is 8.47. The highest BCUT2D eigenvalue weighted by molar-refractivity contribution is 6.31. The third-order valence-corrected chi connectivity index (χ3v) is 3.62. The van der Waals surface area contributed by atoms with Crippen molar-refractivity contribution in [1.29, 1.82) is 0 Å². The average Bonchev–Trinajstić information content (AvgIpc) is 2.65. The third kappa shape index (κ3) is 3.99. The van der Waals surface area contributed by atoms with Crippen molar-refractivity contribution >= 4 is 11.6 Å². The Morgan fingerprint density at radius 3 is 2.50 bits per heavy atom. The number of hydrogen-bond donors (Lipinski definition) is 1. The van der Waals surface area contributed by atoms with Crippen molar-refractivity contribution in [2.45, 2.75) is 59.5 Å². The molecule has 1 heterocycles. The van der Waals surface area contributed by atoms with E-state index in [0.717, 1.165) is 30.1 Å². The van der Waals surface area contributed by atoms with Gasteiger partial charge in [0.25, 0.3) is 0 Å². The molecule has 0 saturated heterocycles. The molecule has 1 N–H and O–H groups in total. The standard InChI is InChI=1S/C14H26ClN3/c1-6-16-13(10(2)3)7-8-14-12(15)9-17-18(14)11(4)5/h9-11,13,16H,6-8H2,1-5H3. The van der Waals surface area contributed by atoms with Crippen LogP contribution in [0.15, 0.2) is 6.20 Å². The summed E-state index contributed by atoms with van der Waals surface area (Å²) in [7, 11) is 0. The van der Waals surface area contributed by atoms with E-state index < -0.39 is 0 Å². The van der Waals surface area contributed by atoms with Crippen LogP contribution < -0.4 is 5.32 Å². The molecule has 1 unspecified atom stereocenters. The number of nitrogens with zero attached hydrogens (tertiary/aromatic N) is 2. The SMILES string of the molecule is CCNC(CCc1c(Cl)cnn1C(C)C)C(C)C. The number of aromatic nitrogens is 2. The molecule has 0 radical (unpaired) electrons. The normalized spacial score (nSPS) is 13.6. The molecule has 4 heteroatoms. The quantitative estimate of drug-likeness (QED) is 0.820. The zero-order chi connectivity index (χ0) is 13.7. The maximum Gasteiger partial charge on any atom is 0.0817 e. The van der Waals surface area contributed by atoms with Gasteiger partial charge in [0, 0.05) is 12.1 Å². The van der Waals surface area contributed by atoms with E-state index in [1.807, 2.05) is 4.68 Å². The summed E-state index contributed by atoms with van der Waals surface area (Å²) < 4.78 is 2.03. The van der Waals surface area contributed by atoms with Gasteiger partial charge < -0.3 is 5.32 Å². The summed E-state index contributed by atoms with van der Waals surface area (Å²) in [6.45, 7) is 12.0. The number of hydrogen-bond acceptors (Lipinski definition) is 2. The average molecular weight is 272 g/mol. The highest BCUT2D eigenvalue weighted by Gasteiger charge is 2.16. The molecule has 1 aromatic heterocycles. The molecule has 0 aliphatic carbocycles. The second kappa shape index (κ2) is 7.15. The Kier molecular flexibility index (Phi) is 6.16. The minimum Gasteiger partial charge on any atom is -0.314 e. The lowest BCUT2D eigenvalue weighted by atomic mass is 9.98. The van der Waals surface area contributed by atoms with Gasteiger partial charge >= 0.3 is 0 Å². The molecule has 104 valence electrons. The lowest BCUT2D eigenvalue weighted by Gasteiger charge is -2.22. The van der Waals surface area contributed by atoms with Gasteiger partial charge in [0.1, 0.15) is 0 Å². The minimum atomic E-state index is 0.365. The molecule has 0 amide bonds. The first-order valence-electron chi connectivity index (χ1n) is 6.92. The van der Waals surface area contributed by atoms with E-state index in [9.17, 15) is 0 Å². The van der Waals surface area contributed by atoms with E-state index in [-0.39, 0.29) is 0 Å². The summed E-state index contributed by atoms with van der Waals surface area (Å²) in [4.78, 5) is 0. The van der Waals surface area contributed by atoms with E-state index in [1.54, 1.807) is 6.20 Å². The number of nitrogens with one attached hydrogen (secondary N) is 1. The zero-order valence-corrected chi connectivity index (χ0v) is 13.0. The Bertz CT molecular complexity index is 358. The van der Waals surface area contributed by atoms with E-state index in [2.05, 4.69) is 45.0 Å². The number of halogens is 1. The molecule has 0 bridgehead atoms. The fourth-order valence-corrected chi connectivity index (χ4v) is 2.50. The Balaban J connectivity index is 2.69. The van der Waals surface area contributed by atoms with Crippen LogP contribution in [0, 0.1) is 5.92 Å². The molecule has 1 aromatic rings. The predicted octanol–water partition coefficient (Wildman–Crippen LogP) is 3.68. The zero-order valence-electron chi connectivity index (χ0n) is 12.2. The molecule has 0 spiro atoms. The van der Waals surface area contributed by atoms with Gasteiger partial charge in [0.05, 0.1) is 16.9 Å². The van der Waals surface area contributed by atoms with Crippen LogP contribution in [0.3, 0.4) is 0 Å². The van der Waals surface area contributed by atoms with Gasteiger partial charge in [-0.3, -0.25) is 4.68 Å². The highest BCUT2D eigenvalue weighted by Crippen LogP contribution is 2.21. The van der Waals surface area contributed by atoms with Crippen molar-refractivity contribution in [3.05, 3.63) is 16.9 Å². The van der Waals surface area contributed by atoms with Crippen LogP contribution >= 0.6 is 11.6 Å². The molecule has 1 rings (SSSR count). The molecular weight excluding hydrogens is 246 g/mol.